The van der Waals surface area contributed by atoms with Crippen LogP contribution in [0.3, 0.4) is 0 Å². The molecular formula is C12H20N2O2S. The predicted molar refractivity (Wildman–Crippen MR) is 68.5 cm³/mol. The molecule has 0 saturated carbocycles. The Labute approximate surface area is 104 Å². The van der Waals surface area contributed by atoms with Crippen molar-refractivity contribution in [1.29, 1.82) is 0 Å². The molecule has 0 aliphatic carbocycles. The summed E-state index contributed by atoms with van der Waals surface area (Å²) in [6, 6.07) is 1.72. The van der Waals surface area contributed by atoms with E-state index in [0.29, 0.717) is 0 Å². The van der Waals surface area contributed by atoms with Gasteiger partial charge in [0, 0.05) is 26.0 Å². The molecule has 0 aliphatic heterocycles. The number of hydrogen-bond donors (Lipinski definition) is 0. The lowest BCUT2D eigenvalue weighted by atomic mass is 9.86. The first kappa shape index (κ1) is 14.1. The SMILES string of the molecule is Cc1ncc(S(=O)(=O)N(C)C)cc1C(C)(C)C. The average molecular weight is 256 g/mol. The van der Waals surface area contributed by atoms with Gasteiger partial charge in [0.05, 0.1) is 0 Å². The second-order valence-corrected chi connectivity index (χ2v) is 7.49. The summed E-state index contributed by atoms with van der Waals surface area (Å²) >= 11 is 0. The van der Waals surface area contributed by atoms with Crippen molar-refractivity contribution in [2.75, 3.05) is 14.1 Å². The molecule has 1 heterocycles. The summed E-state index contributed by atoms with van der Waals surface area (Å²) in [5, 5.41) is 0. The second-order valence-electron chi connectivity index (χ2n) is 5.34. The molecule has 4 nitrogen and oxygen atoms in total. The van der Waals surface area contributed by atoms with Gasteiger partial charge < -0.3 is 0 Å². The van der Waals surface area contributed by atoms with Gasteiger partial charge in [-0.15, -0.1) is 0 Å². The zero-order chi connectivity index (χ0) is 13.4. The maximum absolute atomic E-state index is 12.0. The highest BCUT2D eigenvalue weighted by molar-refractivity contribution is 7.89. The fourth-order valence-corrected chi connectivity index (χ4v) is 2.50. The first-order chi connectivity index (χ1) is 7.56. The number of aromatic nitrogens is 1. The van der Waals surface area contributed by atoms with Crippen LogP contribution >= 0.6 is 0 Å². The fourth-order valence-electron chi connectivity index (χ4n) is 1.63. The second kappa shape index (κ2) is 4.38. The summed E-state index contributed by atoms with van der Waals surface area (Å²) in [6.07, 6.45) is 1.42. The number of hydrogen-bond acceptors (Lipinski definition) is 3. The third kappa shape index (κ3) is 2.84. The Morgan fingerprint density at radius 2 is 1.76 bits per heavy atom. The van der Waals surface area contributed by atoms with Crippen molar-refractivity contribution in [1.82, 2.24) is 9.29 Å². The van der Waals surface area contributed by atoms with Gasteiger partial charge in [-0.1, -0.05) is 20.8 Å². The van der Waals surface area contributed by atoms with Gasteiger partial charge in [0.25, 0.3) is 0 Å². The van der Waals surface area contributed by atoms with Gasteiger partial charge in [-0.05, 0) is 24.0 Å². The summed E-state index contributed by atoms with van der Waals surface area (Å²) in [4.78, 5) is 4.44. The molecule has 0 radical (unpaired) electrons. The highest BCUT2D eigenvalue weighted by Gasteiger charge is 2.23. The van der Waals surface area contributed by atoms with Crippen LogP contribution in [0.4, 0.5) is 0 Å². The Hall–Kier alpha value is -0.940. The van der Waals surface area contributed by atoms with E-state index in [0.717, 1.165) is 11.3 Å². The van der Waals surface area contributed by atoms with E-state index in [1.54, 1.807) is 6.07 Å². The van der Waals surface area contributed by atoms with Crippen LogP contribution in [0.2, 0.25) is 0 Å². The van der Waals surface area contributed by atoms with Gasteiger partial charge in [0.2, 0.25) is 10.0 Å². The first-order valence-electron chi connectivity index (χ1n) is 5.46. The van der Waals surface area contributed by atoms with Crippen molar-refractivity contribution >= 4 is 10.0 Å². The largest absolute Gasteiger partial charge is 0.260 e. The van der Waals surface area contributed by atoms with Gasteiger partial charge >= 0.3 is 0 Å². The summed E-state index contributed by atoms with van der Waals surface area (Å²) in [5.41, 5.74) is 1.71. The Balaban J connectivity index is 3.43. The number of sulfonamides is 1. The number of rotatable bonds is 2. The van der Waals surface area contributed by atoms with Crippen LogP contribution in [0.5, 0.6) is 0 Å². The van der Waals surface area contributed by atoms with Crippen LogP contribution < -0.4 is 0 Å². The minimum absolute atomic E-state index is 0.116. The minimum atomic E-state index is -3.41. The van der Waals surface area contributed by atoms with Crippen molar-refractivity contribution in [3.8, 4) is 0 Å². The third-order valence-corrected chi connectivity index (χ3v) is 4.43. The topological polar surface area (TPSA) is 50.3 Å². The Morgan fingerprint density at radius 3 is 2.18 bits per heavy atom. The molecule has 0 fully saturated rings. The van der Waals surface area contributed by atoms with Crippen molar-refractivity contribution in [2.45, 2.75) is 38.0 Å². The number of nitrogens with zero attached hydrogens (tertiary/aromatic N) is 2. The zero-order valence-corrected chi connectivity index (χ0v) is 12.1. The summed E-state index contributed by atoms with van der Waals surface area (Å²) in [6.45, 7) is 8.03. The van der Waals surface area contributed by atoms with Crippen LogP contribution in [0.1, 0.15) is 32.0 Å². The van der Waals surface area contributed by atoms with Gasteiger partial charge in [-0.2, -0.15) is 0 Å². The number of pyridine rings is 1. The van der Waals surface area contributed by atoms with E-state index in [1.165, 1.54) is 24.6 Å². The van der Waals surface area contributed by atoms with Gasteiger partial charge in [-0.3, -0.25) is 4.98 Å². The molecule has 0 bridgehead atoms. The number of aryl methyl sites for hydroxylation is 1. The lowest BCUT2D eigenvalue weighted by molar-refractivity contribution is 0.518. The van der Waals surface area contributed by atoms with Gasteiger partial charge in [0.15, 0.2) is 0 Å². The molecule has 0 aliphatic rings. The summed E-state index contributed by atoms with van der Waals surface area (Å²) in [7, 11) is -0.366. The highest BCUT2D eigenvalue weighted by atomic mass is 32.2. The molecule has 17 heavy (non-hydrogen) atoms. The quantitative estimate of drug-likeness (QED) is 0.812. The standard InChI is InChI=1S/C12H20N2O2S/c1-9-11(12(2,3)4)7-10(8-13-9)17(15,16)14(5)6/h7-8H,1-6H3. The molecule has 0 saturated heterocycles. The molecule has 1 aromatic rings. The Kier molecular flexibility index (Phi) is 3.64. The van der Waals surface area contributed by atoms with Crippen LogP contribution in [0.15, 0.2) is 17.2 Å². The molecule has 96 valence electrons. The smallest absolute Gasteiger partial charge is 0.244 e. The minimum Gasteiger partial charge on any atom is -0.260 e. The van der Waals surface area contributed by atoms with Crippen molar-refractivity contribution < 1.29 is 8.42 Å². The van der Waals surface area contributed by atoms with Crippen molar-refractivity contribution in [2.24, 2.45) is 0 Å². The van der Waals surface area contributed by atoms with Gasteiger partial charge in [-0.25, -0.2) is 12.7 Å². The summed E-state index contributed by atoms with van der Waals surface area (Å²) < 4.78 is 25.2. The molecule has 0 aromatic carbocycles. The van der Waals surface area contributed by atoms with E-state index in [1.807, 2.05) is 27.7 Å². The molecule has 1 aromatic heterocycles. The van der Waals surface area contributed by atoms with Crippen LogP contribution in [-0.2, 0) is 15.4 Å². The molecule has 0 amide bonds. The monoisotopic (exact) mass is 256 g/mol. The van der Waals surface area contributed by atoms with Gasteiger partial charge in [0.1, 0.15) is 4.90 Å². The molecular weight excluding hydrogens is 236 g/mol. The Morgan fingerprint density at radius 1 is 1.24 bits per heavy atom. The van der Waals surface area contributed by atoms with Crippen molar-refractivity contribution in [3.05, 3.63) is 23.5 Å². The average Bonchev–Trinajstić information content (AvgIpc) is 2.15. The normalized spacial score (nSPS) is 13.1. The lowest BCUT2D eigenvalue weighted by Gasteiger charge is -2.22. The van der Waals surface area contributed by atoms with Crippen LogP contribution in [0, 0.1) is 6.92 Å². The van der Waals surface area contributed by atoms with E-state index in [-0.39, 0.29) is 10.3 Å². The third-order valence-electron chi connectivity index (χ3n) is 2.65. The van der Waals surface area contributed by atoms with Crippen LogP contribution in [0.25, 0.3) is 0 Å². The first-order valence-corrected chi connectivity index (χ1v) is 6.90. The maximum atomic E-state index is 12.0. The molecule has 0 N–H and O–H groups in total. The molecule has 0 spiro atoms. The fraction of sp³-hybridized carbons (Fsp3) is 0.583. The van der Waals surface area contributed by atoms with E-state index in [9.17, 15) is 8.42 Å². The highest BCUT2D eigenvalue weighted by Crippen LogP contribution is 2.27. The van der Waals surface area contributed by atoms with E-state index in [2.05, 4.69) is 4.98 Å². The molecule has 5 heteroatoms. The Bertz CT molecular complexity index is 514. The van der Waals surface area contributed by atoms with E-state index >= 15 is 0 Å². The summed E-state index contributed by atoms with van der Waals surface area (Å²) in [5.74, 6) is 0. The molecule has 0 atom stereocenters. The van der Waals surface area contributed by atoms with E-state index in [4.69, 9.17) is 0 Å². The maximum Gasteiger partial charge on any atom is 0.244 e. The zero-order valence-electron chi connectivity index (χ0n) is 11.3. The molecule has 1 rings (SSSR count). The predicted octanol–water partition coefficient (Wildman–Crippen LogP) is 1.94. The lowest BCUT2D eigenvalue weighted by Crippen LogP contribution is -2.23. The van der Waals surface area contributed by atoms with E-state index < -0.39 is 10.0 Å². The molecule has 0 unspecified atom stereocenters. The van der Waals surface area contributed by atoms with Crippen LogP contribution in [-0.4, -0.2) is 31.8 Å². The van der Waals surface area contributed by atoms with Crippen molar-refractivity contribution in [3.63, 3.8) is 0 Å².